The Morgan fingerprint density at radius 2 is 1.69 bits per heavy atom. The van der Waals surface area contributed by atoms with E-state index in [-0.39, 0.29) is 17.2 Å². The van der Waals surface area contributed by atoms with Gasteiger partial charge in [-0.25, -0.2) is 4.68 Å². The lowest BCUT2D eigenvalue weighted by Crippen LogP contribution is -2.23. The van der Waals surface area contributed by atoms with Gasteiger partial charge in [0.05, 0.1) is 11.4 Å². The first-order valence-corrected chi connectivity index (χ1v) is 10.4. The highest BCUT2D eigenvalue weighted by molar-refractivity contribution is 6.04. The lowest BCUT2D eigenvalue weighted by Gasteiger charge is -2.09. The summed E-state index contributed by atoms with van der Waals surface area (Å²) in [5, 5.41) is 2.79. The molecule has 162 valence electrons. The van der Waals surface area contributed by atoms with Crippen molar-refractivity contribution in [2.45, 2.75) is 20.5 Å². The first-order chi connectivity index (χ1) is 15.4. The van der Waals surface area contributed by atoms with Gasteiger partial charge >= 0.3 is 0 Å². The number of nitrogens with zero attached hydrogens (tertiary/aromatic N) is 2. The van der Waals surface area contributed by atoms with Crippen LogP contribution in [0.2, 0.25) is 0 Å². The molecular formula is C26H25N3O3. The van der Waals surface area contributed by atoms with Crippen LogP contribution >= 0.6 is 0 Å². The first kappa shape index (κ1) is 21.2. The van der Waals surface area contributed by atoms with Gasteiger partial charge in [0.15, 0.2) is 0 Å². The third kappa shape index (κ3) is 4.34. The molecule has 3 aromatic carbocycles. The van der Waals surface area contributed by atoms with Crippen LogP contribution in [0.15, 0.2) is 83.7 Å². The standard InChI is InChI=1S/C26H25N3O3/c1-18-9-7-10-20(15-18)17-32-23-14-8-11-21(16-23)25(30)27-24-19(2)28(3)29(26(24)31)22-12-5-4-6-13-22/h4-16H,17H2,1-3H3,(H,27,30). The number of carbonyl (C=O) groups excluding carboxylic acids is 1. The predicted octanol–water partition coefficient (Wildman–Crippen LogP) is 4.62. The van der Waals surface area contributed by atoms with Crippen molar-refractivity contribution in [1.82, 2.24) is 9.36 Å². The molecule has 0 bridgehead atoms. The number of benzene rings is 3. The van der Waals surface area contributed by atoms with Crippen molar-refractivity contribution in [2.75, 3.05) is 5.32 Å². The summed E-state index contributed by atoms with van der Waals surface area (Å²) in [5.41, 5.74) is 4.01. The van der Waals surface area contributed by atoms with Crippen molar-refractivity contribution in [1.29, 1.82) is 0 Å². The molecule has 6 nitrogen and oxygen atoms in total. The summed E-state index contributed by atoms with van der Waals surface area (Å²) < 4.78 is 9.13. The van der Waals surface area contributed by atoms with Crippen LogP contribution in [0.3, 0.4) is 0 Å². The van der Waals surface area contributed by atoms with Crippen LogP contribution in [-0.4, -0.2) is 15.3 Å². The topological polar surface area (TPSA) is 65.3 Å². The fourth-order valence-corrected chi connectivity index (χ4v) is 3.59. The van der Waals surface area contributed by atoms with Crippen molar-refractivity contribution in [2.24, 2.45) is 7.05 Å². The minimum absolute atomic E-state index is 0.257. The second kappa shape index (κ2) is 8.98. The number of nitrogens with one attached hydrogen (secondary N) is 1. The third-order valence-electron chi connectivity index (χ3n) is 5.38. The largest absolute Gasteiger partial charge is 0.489 e. The number of hydrogen-bond donors (Lipinski definition) is 1. The van der Waals surface area contributed by atoms with Gasteiger partial charge < -0.3 is 10.1 Å². The Kier molecular flexibility index (Phi) is 5.94. The van der Waals surface area contributed by atoms with Crippen molar-refractivity contribution in [3.05, 3.63) is 112 Å². The molecule has 4 aromatic rings. The Balaban J connectivity index is 1.54. The molecule has 6 heteroatoms. The lowest BCUT2D eigenvalue weighted by molar-refractivity contribution is 0.102. The molecule has 1 aromatic heterocycles. The summed E-state index contributed by atoms with van der Waals surface area (Å²) in [6.07, 6.45) is 0. The second-order valence-electron chi connectivity index (χ2n) is 7.70. The summed E-state index contributed by atoms with van der Waals surface area (Å²) >= 11 is 0. The molecule has 0 saturated heterocycles. The Morgan fingerprint density at radius 3 is 2.44 bits per heavy atom. The number of anilines is 1. The zero-order valence-electron chi connectivity index (χ0n) is 18.3. The molecule has 0 saturated carbocycles. The third-order valence-corrected chi connectivity index (χ3v) is 5.38. The van der Waals surface area contributed by atoms with Crippen LogP contribution in [0.4, 0.5) is 5.69 Å². The molecular weight excluding hydrogens is 402 g/mol. The number of rotatable bonds is 6. The van der Waals surface area contributed by atoms with Crippen LogP contribution in [0.25, 0.3) is 5.69 Å². The fraction of sp³-hybridized carbons (Fsp3) is 0.154. The number of hydrogen-bond acceptors (Lipinski definition) is 3. The highest BCUT2D eigenvalue weighted by Gasteiger charge is 2.19. The number of para-hydroxylation sites is 1. The molecule has 0 spiro atoms. The van der Waals surface area contributed by atoms with E-state index in [1.165, 1.54) is 10.2 Å². The summed E-state index contributed by atoms with van der Waals surface area (Å²) in [4.78, 5) is 26.0. The predicted molar refractivity (Wildman–Crippen MR) is 126 cm³/mol. The maximum atomic E-state index is 13.0. The van der Waals surface area contributed by atoms with E-state index < -0.39 is 0 Å². The van der Waals surface area contributed by atoms with E-state index in [2.05, 4.69) is 11.4 Å². The van der Waals surface area contributed by atoms with Gasteiger partial charge in [-0.15, -0.1) is 0 Å². The van der Waals surface area contributed by atoms with Crippen LogP contribution < -0.4 is 15.6 Å². The zero-order valence-corrected chi connectivity index (χ0v) is 18.3. The van der Waals surface area contributed by atoms with E-state index in [1.54, 1.807) is 36.9 Å². The van der Waals surface area contributed by atoms with Crippen molar-refractivity contribution in [3.63, 3.8) is 0 Å². The van der Waals surface area contributed by atoms with Crippen LogP contribution in [0, 0.1) is 13.8 Å². The van der Waals surface area contributed by atoms with Crippen molar-refractivity contribution < 1.29 is 9.53 Å². The van der Waals surface area contributed by atoms with Gasteiger partial charge in [0.25, 0.3) is 11.5 Å². The Hall–Kier alpha value is -4.06. The molecule has 0 fully saturated rings. The number of aromatic nitrogens is 2. The minimum Gasteiger partial charge on any atom is -0.489 e. The van der Waals surface area contributed by atoms with E-state index in [0.29, 0.717) is 23.6 Å². The molecule has 0 atom stereocenters. The SMILES string of the molecule is Cc1cccc(COc2cccc(C(=O)Nc3c(C)n(C)n(-c4ccccc4)c3=O)c2)c1. The van der Waals surface area contributed by atoms with Gasteiger partial charge in [-0.05, 0) is 49.7 Å². The van der Waals surface area contributed by atoms with Crippen LogP contribution in [0.5, 0.6) is 5.75 Å². The van der Waals surface area contributed by atoms with Gasteiger partial charge in [0.2, 0.25) is 0 Å². The highest BCUT2D eigenvalue weighted by atomic mass is 16.5. The van der Waals surface area contributed by atoms with Gasteiger partial charge in [0.1, 0.15) is 18.0 Å². The average Bonchev–Trinajstić information content (AvgIpc) is 3.01. The molecule has 32 heavy (non-hydrogen) atoms. The van der Waals surface area contributed by atoms with Gasteiger partial charge in [0, 0.05) is 12.6 Å². The van der Waals surface area contributed by atoms with Gasteiger partial charge in [-0.1, -0.05) is 54.1 Å². The van der Waals surface area contributed by atoms with E-state index in [0.717, 1.165) is 11.3 Å². The number of aryl methyl sites for hydroxylation is 1. The molecule has 4 rings (SSSR count). The van der Waals surface area contributed by atoms with Crippen molar-refractivity contribution in [3.8, 4) is 11.4 Å². The molecule has 0 radical (unpaired) electrons. The fourth-order valence-electron chi connectivity index (χ4n) is 3.59. The monoisotopic (exact) mass is 427 g/mol. The molecule has 0 aliphatic heterocycles. The number of carbonyl (C=O) groups is 1. The molecule has 1 amide bonds. The maximum Gasteiger partial charge on any atom is 0.295 e. The quantitative estimate of drug-likeness (QED) is 0.488. The van der Waals surface area contributed by atoms with Crippen LogP contribution in [0.1, 0.15) is 27.2 Å². The normalized spacial score (nSPS) is 10.7. The molecule has 0 unspecified atom stereocenters. The maximum absolute atomic E-state index is 13.0. The summed E-state index contributed by atoms with van der Waals surface area (Å²) in [5.74, 6) is 0.225. The van der Waals surface area contributed by atoms with E-state index >= 15 is 0 Å². The highest BCUT2D eigenvalue weighted by Crippen LogP contribution is 2.19. The number of amides is 1. The minimum atomic E-state index is -0.364. The van der Waals surface area contributed by atoms with Crippen LogP contribution in [-0.2, 0) is 13.7 Å². The smallest absolute Gasteiger partial charge is 0.295 e. The summed E-state index contributed by atoms with van der Waals surface area (Å²) in [7, 11) is 1.79. The Morgan fingerprint density at radius 1 is 0.938 bits per heavy atom. The molecule has 0 aliphatic carbocycles. The molecule has 0 aliphatic rings. The number of ether oxygens (including phenoxy) is 1. The Bertz CT molecular complexity index is 1320. The van der Waals surface area contributed by atoms with Gasteiger partial charge in [-0.2, -0.15) is 0 Å². The second-order valence-corrected chi connectivity index (χ2v) is 7.70. The lowest BCUT2D eigenvalue weighted by atomic mass is 10.1. The van der Waals surface area contributed by atoms with E-state index in [4.69, 9.17) is 4.74 Å². The molecule has 1 N–H and O–H groups in total. The molecule has 1 heterocycles. The van der Waals surface area contributed by atoms with Crippen molar-refractivity contribution >= 4 is 11.6 Å². The first-order valence-electron chi connectivity index (χ1n) is 10.4. The van der Waals surface area contributed by atoms with Gasteiger partial charge in [-0.3, -0.25) is 14.3 Å². The summed E-state index contributed by atoms with van der Waals surface area (Å²) in [6, 6.07) is 24.4. The zero-order chi connectivity index (χ0) is 22.7. The Labute approximate surface area is 186 Å². The summed E-state index contributed by atoms with van der Waals surface area (Å²) in [6.45, 7) is 4.25. The van der Waals surface area contributed by atoms with E-state index in [9.17, 15) is 9.59 Å². The van der Waals surface area contributed by atoms with E-state index in [1.807, 2.05) is 61.5 Å². The average molecular weight is 428 g/mol.